The Morgan fingerprint density at radius 2 is 1.72 bits per heavy atom. The largest absolute Gasteiger partial charge is 0.352 e. The molecule has 0 fully saturated rings. The molecule has 6 rings (SSSR count). The summed E-state index contributed by atoms with van der Waals surface area (Å²) in [7, 11) is 0. The molecule has 0 saturated heterocycles. The third-order valence-electron chi connectivity index (χ3n) is 5.04. The number of hydrogen-bond acceptors (Lipinski definition) is 5. The molecule has 0 aliphatic carbocycles. The molecule has 0 aliphatic rings. The standard InChI is InChI=1S/C22H14N6S/c1-2-21(29-5-1)17-10-23-11-20-15(17)7-19(26-20)22-16-6-13(3-4-18(16)27-28-22)14-8-24-12-25-9-14/h1-12,26H,(H,27,28). The summed E-state index contributed by atoms with van der Waals surface area (Å²) in [5.74, 6) is 0. The Morgan fingerprint density at radius 1 is 0.793 bits per heavy atom. The van der Waals surface area contributed by atoms with Crippen molar-refractivity contribution in [2.45, 2.75) is 0 Å². The second-order valence-corrected chi connectivity index (χ2v) is 7.72. The summed E-state index contributed by atoms with van der Waals surface area (Å²) >= 11 is 1.71. The first kappa shape index (κ1) is 16.1. The number of benzene rings is 1. The molecule has 5 heterocycles. The average molecular weight is 394 g/mol. The zero-order chi connectivity index (χ0) is 19.2. The lowest BCUT2D eigenvalue weighted by Crippen LogP contribution is -1.83. The summed E-state index contributed by atoms with van der Waals surface area (Å²) < 4.78 is 0. The van der Waals surface area contributed by atoms with E-state index >= 15 is 0 Å². The van der Waals surface area contributed by atoms with Crippen molar-refractivity contribution in [3.8, 4) is 33.0 Å². The van der Waals surface area contributed by atoms with Crippen molar-refractivity contribution in [3.05, 3.63) is 72.9 Å². The Morgan fingerprint density at radius 3 is 2.59 bits per heavy atom. The zero-order valence-electron chi connectivity index (χ0n) is 15.1. The van der Waals surface area contributed by atoms with Crippen molar-refractivity contribution in [3.63, 3.8) is 0 Å². The van der Waals surface area contributed by atoms with Gasteiger partial charge in [0.05, 0.1) is 22.9 Å². The van der Waals surface area contributed by atoms with Crippen molar-refractivity contribution in [1.82, 2.24) is 30.1 Å². The van der Waals surface area contributed by atoms with Gasteiger partial charge in [0.15, 0.2) is 0 Å². The maximum Gasteiger partial charge on any atom is 0.116 e. The van der Waals surface area contributed by atoms with E-state index in [1.165, 1.54) is 11.2 Å². The van der Waals surface area contributed by atoms with Crippen molar-refractivity contribution >= 4 is 33.1 Å². The molecule has 6 nitrogen and oxygen atoms in total. The highest BCUT2D eigenvalue weighted by atomic mass is 32.1. The Hall–Kier alpha value is -3.84. The molecule has 0 unspecified atom stereocenters. The van der Waals surface area contributed by atoms with E-state index in [1.54, 1.807) is 11.3 Å². The number of aromatic amines is 2. The number of rotatable bonds is 3. The van der Waals surface area contributed by atoms with Gasteiger partial charge in [-0.2, -0.15) is 5.10 Å². The molecule has 2 N–H and O–H groups in total. The van der Waals surface area contributed by atoms with Crippen molar-refractivity contribution in [1.29, 1.82) is 0 Å². The van der Waals surface area contributed by atoms with Crippen LogP contribution in [0.2, 0.25) is 0 Å². The molecular weight excluding hydrogens is 380 g/mol. The van der Waals surface area contributed by atoms with E-state index in [0.29, 0.717) is 0 Å². The van der Waals surface area contributed by atoms with Crippen LogP contribution in [0, 0.1) is 0 Å². The van der Waals surface area contributed by atoms with Crippen LogP contribution in [-0.2, 0) is 0 Å². The fraction of sp³-hybridized carbons (Fsp3) is 0. The Labute approximate surface area is 169 Å². The van der Waals surface area contributed by atoms with Crippen LogP contribution < -0.4 is 0 Å². The van der Waals surface area contributed by atoms with E-state index in [1.807, 2.05) is 36.9 Å². The van der Waals surface area contributed by atoms with Gasteiger partial charge >= 0.3 is 0 Å². The Kier molecular flexibility index (Phi) is 3.54. The van der Waals surface area contributed by atoms with Crippen LogP contribution in [0.5, 0.6) is 0 Å². The molecule has 29 heavy (non-hydrogen) atoms. The summed E-state index contributed by atoms with van der Waals surface area (Å²) in [6, 6.07) is 12.5. The van der Waals surface area contributed by atoms with Gasteiger partial charge in [-0.3, -0.25) is 10.1 Å². The molecule has 0 spiro atoms. The molecule has 1 aromatic carbocycles. The first-order chi connectivity index (χ1) is 14.4. The summed E-state index contributed by atoms with van der Waals surface area (Å²) in [4.78, 5) is 17.4. The molecule has 0 bridgehead atoms. The summed E-state index contributed by atoms with van der Waals surface area (Å²) in [5, 5.41) is 12.0. The number of nitrogens with zero attached hydrogens (tertiary/aromatic N) is 4. The highest BCUT2D eigenvalue weighted by molar-refractivity contribution is 7.13. The second kappa shape index (κ2) is 6.35. The van der Waals surface area contributed by atoms with Crippen LogP contribution in [0.4, 0.5) is 0 Å². The number of nitrogens with one attached hydrogen (secondary N) is 2. The van der Waals surface area contributed by atoms with Crippen LogP contribution >= 0.6 is 11.3 Å². The van der Waals surface area contributed by atoms with Gasteiger partial charge in [-0.25, -0.2) is 9.97 Å². The number of thiophene rings is 1. The lowest BCUT2D eigenvalue weighted by Gasteiger charge is -2.01. The van der Waals surface area contributed by atoms with Gasteiger partial charge in [-0.15, -0.1) is 11.3 Å². The van der Waals surface area contributed by atoms with Crippen molar-refractivity contribution in [2.24, 2.45) is 0 Å². The quantitative estimate of drug-likeness (QED) is 0.427. The van der Waals surface area contributed by atoms with E-state index in [9.17, 15) is 0 Å². The minimum atomic E-state index is 0.882. The molecular formula is C22H14N6S. The molecule has 6 aromatic rings. The fourth-order valence-corrected chi connectivity index (χ4v) is 4.40. The van der Waals surface area contributed by atoms with Crippen molar-refractivity contribution in [2.75, 3.05) is 0 Å². The molecule has 138 valence electrons. The molecule has 0 amide bonds. The normalized spacial score (nSPS) is 11.4. The molecule has 0 atom stereocenters. The minimum absolute atomic E-state index is 0.882. The van der Waals surface area contributed by atoms with E-state index in [4.69, 9.17) is 0 Å². The predicted octanol–water partition coefficient (Wildman–Crippen LogP) is 5.29. The van der Waals surface area contributed by atoms with Gasteiger partial charge in [-0.1, -0.05) is 12.1 Å². The van der Waals surface area contributed by atoms with E-state index in [-0.39, 0.29) is 0 Å². The van der Waals surface area contributed by atoms with Gasteiger partial charge in [0.2, 0.25) is 0 Å². The summed E-state index contributed by atoms with van der Waals surface area (Å²) in [6.45, 7) is 0. The lowest BCUT2D eigenvalue weighted by atomic mass is 10.0. The van der Waals surface area contributed by atoms with Gasteiger partial charge in [0.1, 0.15) is 12.0 Å². The summed E-state index contributed by atoms with van der Waals surface area (Å²) in [6.07, 6.45) is 8.94. The van der Waals surface area contributed by atoms with Crippen LogP contribution in [0.1, 0.15) is 0 Å². The fourth-order valence-electron chi connectivity index (χ4n) is 3.65. The van der Waals surface area contributed by atoms with Crippen LogP contribution in [0.25, 0.3) is 54.8 Å². The SMILES string of the molecule is c1csc(-c2cncc3[nH]c(-c4n[nH]c5ccc(-c6cncnc6)cc45)cc23)c1. The number of aromatic nitrogens is 6. The lowest BCUT2D eigenvalue weighted by molar-refractivity contribution is 1.12. The third-order valence-corrected chi connectivity index (χ3v) is 5.95. The molecule has 5 aromatic heterocycles. The van der Waals surface area contributed by atoms with Crippen LogP contribution in [0.15, 0.2) is 72.9 Å². The number of pyridine rings is 1. The minimum Gasteiger partial charge on any atom is -0.352 e. The summed E-state index contributed by atoms with van der Waals surface area (Å²) in [5.41, 5.74) is 6.97. The molecule has 0 saturated carbocycles. The van der Waals surface area contributed by atoms with E-state index in [0.717, 1.165) is 49.9 Å². The molecule has 0 radical (unpaired) electrons. The van der Waals surface area contributed by atoms with Gasteiger partial charge < -0.3 is 4.98 Å². The predicted molar refractivity (Wildman–Crippen MR) is 116 cm³/mol. The van der Waals surface area contributed by atoms with Crippen molar-refractivity contribution < 1.29 is 0 Å². The smallest absolute Gasteiger partial charge is 0.116 e. The number of fused-ring (bicyclic) bond motifs is 2. The molecule has 7 heteroatoms. The zero-order valence-corrected chi connectivity index (χ0v) is 15.9. The van der Waals surface area contributed by atoms with E-state index < -0.39 is 0 Å². The maximum absolute atomic E-state index is 4.58. The second-order valence-electron chi connectivity index (χ2n) is 6.77. The van der Waals surface area contributed by atoms with Gasteiger partial charge in [0, 0.05) is 45.4 Å². The average Bonchev–Trinajstić information content (AvgIpc) is 3.52. The maximum atomic E-state index is 4.58. The highest BCUT2D eigenvalue weighted by Crippen LogP contribution is 2.35. The third kappa shape index (κ3) is 2.63. The first-order valence-corrected chi connectivity index (χ1v) is 9.99. The van der Waals surface area contributed by atoms with Gasteiger partial charge in [0.25, 0.3) is 0 Å². The molecule has 0 aliphatic heterocycles. The topological polar surface area (TPSA) is 83.1 Å². The Balaban J connectivity index is 1.53. The van der Waals surface area contributed by atoms with Crippen LogP contribution in [0.3, 0.4) is 0 Å². The first-order valence-electron chi connectivity index (χ1n) is 9.11. The van der Waals surface area contributed by atoms with Gasteiger partial charge in [-0.05, 0) is 35.2 Å². The monoisotopic (exact) mass is 394 g/mol. The van der Waals surface area contributed by atoms with E-state index in [2.05, 4.69) is 59.8 Å². The van der Waals surface area contributed by atoms with Crippen LogP contribution in [-0.4, -0.2) is 30.1 Å². The Bertz CT molecular complexity index is 1450. The number of hydrogen-bond donors (Lipinski definition) is 2. The number of H-pyrrole nitrogens is 2. The highest BCUT2D eigenvalue weighted by Gasteiger charge is 2.15.